The summed E-state index contributed by atoms with van der Waals surface area (Å²) in [5.41, 5.74) is 2.13. The lowest BCUT2D eigenvalue weighted by atomic mass is 9.52. The molecule has 0 saturated heterocycles. The first-order valence-corrected chi connectivity index (χ1v) is 14.5. The Morgan fingerprint density at radius 3 is 2.63 bits per heavy atom. The van der Waals surface area contributed by atoms with Crippen LogP contribution in [0.2, 0.25) is 0 Å². The monoisotopic (exact) mass is 558 g/mol. The van der Waals surface area contributed by atoms with E-state index in [1.54, 1.807) is 24.3 Å². The second kappa shape index (κ2) is 8.63. The van der Waals surface area contributed by atoms with Crippen LogP contribution in [0.25, 0.3) is 0 Å². The highest BCUT2D eigenvalue weighted by molar-refractivity contribution is 9.10. The van der Waals surface area contributed by atoms with E-state index >= 15 is 0 Å². The van der Waals surface area contributed by atoms with E-state index in [-0.39, 0.29) is 39.1 Å². The van der Waals surface area contributed by atoms with Crippen LogP contribution in [0.5, 0.6) is 0 Å². The van der Waals surface area contributed by atoms with Crippen LogP contribution >= 0.6 is 15.9 Å². The minimum absolute atomic E-state index is 0.0422. The van der Waals surface area contributed by atoms with Gasteiger partial charge in [0, 0.05) is 15.8 Å². The quantitative estimate of drug-likeness (QED) is 0.336. The Labute approximate surface area is 216 Å². The molecule has 1 aromatic carbocycles. The van der Waals surface area contributed by atoms with E-state index in [1.165, 1.54) is 23.3 Å². The summed E-state index contributed by atoms with van der Waals surface area (Å²) in [6.07, 6.45) is 11.4. The third-order valence-corrected chi connectivity index (χ3v) is 10.9. The van der Waals surface area contributed by atoms with Crippen molar-refractivity contribution in [2.75, 3.05) is 6.61 Å². The molecule has 186 valence electrons. The highest BCUT2D eigenvalue weighted by atomic mass is 79.9. The van der Waals surface area contributed by atoms with Gasteiger partial charge in [0.2, 0.25) is 0 Å². The molecule has 2 fully saturated rings. The van der Waals surface area contributed by atoms with Crippen LogP contribution < -0.4 is 0 Å². The number of ketones is 2. The second-order valence-electron chi connectivity index (χ2n) is 11.1. The van der Waals surface area contributed by atoms with Gasteiger partial charge in [-0.1, -0.05) is 53.1 Å². The number of halogens is 1. The zero-order valence-electron chi connectivity index (χ0n) is 20.3. The van der Waals surface area contributed by atoms with Gasteiger partial charge in [-0.15, -0.1) is 0 Å². The molecule has 0 amide bonds. The maximum Gasteiger partial charge on any atom is 0.297 e. The topological polar surface area (TPSA) is 77.5 Å². The molecule has 1 unspecified atom stereocenters. The molecule has 7 heteroatoms. The van der Waals surface area contributed by atoms with Gasteiger partial charge >= 0.3 is 0 Å². The average Bonchev–Trinajstić information content (AvgIpc) is 3.08. The number of allylic oxidation sites excluding steroid dienone is 6. The fourth-order valence-electron chi connectivity index (χ4n) is 7.47. The van der Waals surface area contributed by atoms with Crippen molar-refractivity contribution >= 4 is 37.6 Å². The molecule has 0 heterocycles. The zero-order chi connectivity index (χ0) is 25.2. The lowest BCUT2D eigenvalue weighted by molar-refractivity contribution is -0.130. The molecule has 5 rings (SSSR count). The van der Waals surface area contributed by atoms with Gasteiger partial charge in [0.25, 0.3) is 10.1 Å². The smallest absolute Gasteiger partial charge is 0.297 e. The first-order chi connectivity index (χ1) is 16.5. The molecule has 35 heavy (non-hydrogen) atoms. The molecule has 6 atom stereocenters. The summed E-state index contributed by atoms with van der Waals surface area (Å²) in [7, 11) is -4.01. The van der Waals surface area contributed by atoms with Crippen LogP contribution in [0, 0.1) is 34.5 Å². The van der Waals surface area contributed by atoms with E-state index < -0.39 is 16.7 Å². The standard InChI is InChI=1S/C28H31BrO5S/c1-17-14-24-22-9-4-18-15-20(30)10-12-27(18,2)23(22)11-13-28(24,3)26(17)25(31)16-34-35(32,33)21-7-5-19(29)6-8-21/h5-8,10-12,15,17,22,24,26H,4,9,13-14,16H2,1-3H3/t17?,22-,24+,26-,27+,28+/m1/s1. The normalized spacial score (nSPS) is 36.1. The summed E-state index contributed by atoms with van der Waals surface area (Å²) in [6, 6.07) is 6.20. The van der Waals surface area contributed by atoms with Gasteiger partial charge in [-0.05, 0) is 92.2 Å². The number of benzene rings is 1. The van der Waals surface area contributed by atoms with Crippen LogP contribution in [0.3, 0.4) is 0 Å². The molecule has 1 aromatic rings. The van der Waals surface area contributed by atoms with Crippen molar-refractivity contribution in [3.05, 3.63) is 64.2 Å². The van der Waals surface area contributed by atoms with E-state index in [9.17, 15) is 18.0 Å². The van der Waals surface area contributed by atoms with Crippen molar-refractivity contribution in [3.8, 4) is 0 Å². The van der Waals surface area contributed by atoms with Gasteiger partial charge in [-0.3, -0.25) is 13.8 Å². The Balaban J connectivity index is 1.37. The third kappa shape index (κ3) is 4.04. The van der Waals surface area contributed by atoms with Crippen molar-refractivity contribution in [3.63, 3.8) is 0 Å². The summed E-state index contributed by atoms with van der Waals surface area (Å²) >= 11 is 3.30. The Hall–Kier alpha value is -1.83. The molecule has 5 nitrogen and oxygen atoms in total. The van der Waals surface area contributed by atoms with E-state index in [4.69, 9.17) is 4.18 Å². The Kier molecular flexibility index (Phi) is 6.13. The summed E-state index contributed by atoms with van der Waals surface area (Å²) in [4.78, 5) is 25.5. The van der Waals surface area contributed by atoms with Crippen LogP contribution in [-0.2, 0) is 23.9 Å². The zero-order valence-corrected chi connectivity index (χ0v) is 22.7. The molecule has 2 saturated carbocycles. The SMILES string of the molecule is CC1C[C@H]2[C@@H]3CCC4=CC(=O)C=C[C@]4(C)C3=CC[C@]2(C)[C@H]1C(=O)COS(=O)(=O)c1ccc(Br)cc1. The maximum absolute atomic E-state index is 13.5. The largest absolute Gasteiger partial charge is 0.297 e. The van der Waals surface area contributed by atoms with Crippen LogP contribution in [0.15, 0.2) is 69.1 Å². The van der Waals surface area contributed by atoms with E-state index in [1.807, 2.05) is 0 Å². The predicted molar refractivity (Wildman–Crippen MR) is 137 cm³/mol. The summed E-state index contributed by atoms with van der Waals surface area (Å²) < 4.78 is 31.3. The molecule has 4 aliphatic rings. The summed E-state index contributed by atoms with van der Waals surface area (Å²) in [5, 5.41) is 0. The number of hydrogen-bond donors (Lipinski definition) is 0. The minimum atomic E-state index is -4.01. The lowest BCUT2D eigenvalue weighted by Crippen LogP contribution is -2.45. The fourth-order valence-corrected chi connectivity index (χ4v) is 8.61. The van der Waals surface area contributed by atoms with Crippen molar-refractivity contribution in [1.82, 2.24) is 0 Å². The van der Waals surface area contributed by atoms with Crippen LogP contribution in [-0.4, -0.2) is 26.6 Å². The number of hydrogen-bond acceptors (Lipinski definition) is 5. The van der Waals surface area contributed by atoms with Crippen molar-refractivity contribution < 1.29 is 22.2 Å². The van der Waals surface area contributed by atoms with Crippen molar-refractivity contribution in [2.24, 2.45) is 34.5 Å². The molecule has 0 spiro atoms. The first-order valence-electron chi connectivity index (χ1n) is 12.3. The molecule has 0 bridgehead atoms. The van der Waals surface area contributed by atoms with E-state index in [0.29, 0.717) is 11.8 Å². The van der Waals surface area contributed by atoms with Gasteiger partial charge < -0.3 is 0 Å². The molecule has 4 aliphatic carbocycles. The minimum Gasteiger partial charge on any atom is -0.297 e. The number of carbonyl (C=O) groups excluding carboxylic acids is 2. The van der Waals surface area contributed by atoms with Gasteiger partial charge in [0.05, 0.1) is 4.90 Å². The highest BCUT2D eigenvalue weighted by Crippen LogP contribution is 2.65. The molecular formula is C28H31BrO5S. The number of fused-ring (bicyclic) bond motifs is 5. The first kappa shape index (κ1) is 24.8. The van der Waals surface area contributed by atoms with Crippen molar-refractivity contribution in [1.29, 1.82) is 0 Å². The second-order valence-corrected chi connectivity index (χ2v) is 13.6. The molecule has 0 N–H and O–H groups in total. The van der Waals surface area contributed by atoms with Crippen LogP contribution in [0.4, 0.5) is 0 Å². The Morgan fingerprint density at radius 2 is 1.91 bits per heavy atom. The predicted octanol–water partition coefficient (Wildman–Crippen LogP) is 5.81. The van der Waals surface area contributed by atoms with Crippen molar-refractivity contribution in [2.45, 2.75) is 51.3 Å². The van der Waals surface area contributed by atoms with Gasteiger partial charge in [-0.25, -0.2) is 0 Å². The van der Waals surface area contributed by atoms with E-state index in [0.717, 1.165) is 30.2 Å². The Morgan fingerprint density at radius 1 is 1.20 bits per heavy atom. The number of Topliss-reactive ketones (excluding diaryl/α,β-unsaturated/α-hetero) is 1. The number of rotatable bonds is 5. The molecule has 0 radical (unpaired) electrons. The van der Waals surface area contributed by atoms with Gasteiger partial charge in [-0.2, -0.15) is 8.42 Å². The number of carbonyl (C=O) groups is 2. The Bertz CT molecular complexity index is 1270. The van der Waals surface area contributed by atoms with Crippen LogP contribution in [0.1, 0.15) is 46.5 Å². The lowest BCUT2D eigenvalue weighted by Gasteiger charge is -2.52. The molecule has 0 aromatic heterocycles. The maximum atomic E-state index is 13.5. The summed E-state index contributed by atoms with van der Waals surface area (Å²) in [5.74, 6) is 0.539. The van der Waals surface area contributed by atoms with Gasteiger partial charge in [0.1, 0.15) is 6.61 Å². The highest BCUT2D eigenvalue weighted by Gasteiger charge is 2.59. The third-order valence-electron chi connectivity index (χ3n) is 9.09. The van der Waals surface area contributed by atoms with E-state index in [2.05, 4.69) is 48.9 Å². The van der Waals surface area contributed by atoms with Gasteiger partial charge in [0.15, 0.2) is 11.6 Å². The molecule has 0 aliphatic heterocycles. The fraction of sp³-hybridized carbons (Fsp3) is 0.500. The average molecular weight is 560 g/mol. The summed E-state index contributed by atoms with van der Waals surface area (Å²) in [6.45, 7) is 6.09. The molecular weight excluding hydrogens is 528 g/mol.